The minimum absolute atomic E-state index is 0.120. The molecule has 0 saturated heterocycles. The van der Waals surface area contributed by atoms with Crippen LogP contribution in [0.5, 0.6) is 5.88 Å². The lowest BCUT2D eigenvalue weighted by molar-refractivity contribution is -0.154. The number of halogens is 3. The number of aromatic nitrogens is 1. The van der Waals surface area contributed by atoms with Crippen molar-refractivity contribution in [1.29, 1.82) is 0 Å². The summed E-state index contributed by atoms with van der Waals surface area (Å²) in [4.78, 5) is 30.1. The molecule has 1 aromatic carbocycles. The number of hydrogen-bond acceptors (Lipinski definition) is 5. The van der Waals surface area contributed by atoms with Crippen LogP contribution in [0.25, 0.3) is 0 Å². The second kappa shape index (κ2) is 9.15. The van der Waals surface area contributed by atoms with Gasteiger partial charge in [-0.1, -0.05) is 24.3 Å². The first kappa shape index (κ1) is 21.6. The number of likely N-dealkylation sites (N-methyl/N-ethyl adjacent to an activating group) is 1. The first-order valence-electron chi connectivity index (χ1n) is 9.41. The summed E-state index contributed by atoms with van der Waals surface area (Å²) in [6.45, 7) is -2.13. The fourth-order valence-electron chi connectivity index (χ4n) is 3.42. The summed E-state index contributed by atoms with van der Waals surface area (Å²) < 4.78 is 46.8. The maximum atomic E-state index is 12.6. The molecule has 1 amide bonds. The van der Waals surface area contributed by atoms with Crippen LogP contribution in [-0.2, 0) is 16.0 Å². The van der Waals surface area contributed by atoms with Gasteiger partial charge in [0, 0.05) is 13.2 Å². The van der Waals surface area contributed by atoms with Crippen molar-refractivity contribution in [2.75, 3.05) is 20.3 Å². The summed E-state index contributed by atoms with van der Waals surface area (Å²) in [5.41, 5.74) is 1.98. The molecular formula is C21H21F3N2O4. The summed E-state index contributed by atoms with van der Waals surface area (Å²) >= 11 is 0. The molecular weight excluding hydrogens is 401 g/mol. The van der Waals surface area contributed by atoms with Gasteiger partial charge in [-0.3, -0.25) is 4.79 Å². The molecule has 9 heteroatoms. The van der Waals surface area contributed by atoms with Gasteiger partial charge in [-0.25, -0.2) is 9.78 Å². The van der Waals surface area contributed by atoms with E-state index in [-0.39, 0.29) is 11.6 Å². The number of aryl methyl sites for hydroxylation is 1. The average molecular weight is 422 g/mol. The number of nitrogens with zero attached hydrogens (tertiary/aromatic N) is 2. The molecule has 160 valence electrons. The minimum Gasteiger partial charge on any atom is -0.467 e. The van der Waals surface area contributed by atoms with Crippen molar-refractivity contribution in [2.45, 2.75) is 31.5 Å². The molecule has 1 heterocycles. The van der Waals surface area contributed by atoms with Gasteiger partial charge in [-0.2, -0.15) is 13.2 Å². The minimum atomic E-state index is -4.58. The van der Waals surface area contributed by atoms with E-state index >= 15 is 0 Å². The third-order valence-corrected chi connectivity index (χ3v) is 4.89. The Morgan fingerprint density at radius 3 is 2.73 bits per heavy atom. The van der Waals surface area contributed by atoms with E-state index in [0.717, 1.165) is 24.8 Å². The second-order valence-corrected chi connectivity index (χ2v) is 6.95. The molecule has 0 bridgehead atoms. The van der Waals surface area contributed by atoms with Crippen molar-refractivity contribution in [2.24, 2.45) is 0 Å². The molecule has 30 heavy (non-hydrogen) atoms. The fraction of sp³-hybridized carbons (Fsp3) is 0.381. The van der Waals surface area contributed by atoms with E-state index in [0.29, 0.717) is 0 Å². The molecule has 0 N–H and O–H groups in total. The maximum absolute atomic E-state index is 12.6. The molecule has 1 atom stereocenters. The Morgan fingerprint density at radius 2 is 1.97 bits per heavy atom. The Balaban J connectivity index is 1.62. The number of esters is 1. The number of alkyl halides is 3. The van der Waals surface area contributed by atoms with E-state index in [1.807, 2.05) is 24.3 Å². The van der Waals surface area contributed by atoms with E-state index in [1.54, 1.807) is 7.05 Å². The van der Waals surface area contributed by atoms with Crippen LogP contribution >= 0.6 is 0 Å². The van der Waals surface area contributed by atoms with Crippen LogP contribution < -0.4 is 4.74 Å². The zero-order valence-corrected chi connectivity index (χ0v) is 16.3. The quantitative estimate of drug-likeness (QED) is 0.664. The van der Waals surface area contributed by atoms with E-state index in [4.69, 9.17) is 4.74 Å². The van der Waals surface area contributed by atoms with Gasteiger partial charge < -0.3 is 14.4 Å². The number of pyridine rings is 1. The maximum Gasteiger partial charge on any atom is 0.422 e. The van der Waals surface area contributed by atoms with E-state index < -0.39 is 37.1 Å². The first-order valence-corrected chi connectivity index (χ1v) is 9.41. The Bertz CT molecular complexity index is 917. The predicted octanol–water partition coefficient (Wildman–Crippen LogP) is 3.72. The number of hydrogen-bond donors (Lipinski definition) is 0. The van der Waals surface area contributed by atoms with Gasteiger partial charge in [0.1, 0.15) is 5.56 Å². The fourth-order valence-corrected chi connectivity index (χ4v) is 3.42. The van der Waals surface area contributed by atoms with Gasteiger partial charge in [-0.15, -0.1) is 0 Å². The highest BCUT2D eigenvalue weighted by Crippen LogP contribution is 2.33. The Kier molecular flexibility index (Phi) is 6.59. The first-order chi connectivity index (χ1) is 14.3. The van der Waals surface area contributed by atoms with Crippen LogP contribution in [0.2, 0.25) is 0 Å². The lowest BCUT2D eigenvalue weighted by Gasteiger charge is -2.33. The predicted molar refractivity (Wildman–Crippen MR) is 101 cm³/mol. The highest BCUT2D eigenvalue weighted by atomic mass is 19.4. The number of carbonyl (C=O) groups excluding carboxylic acids is 2. The number of ether oxygens (including phenoxy) is 2. The number of rotatable bonds is 6. The highest BCUT2D eigenvalue weighted by molar-refractivity contribution is 5.93. The lowest BCUT2D eigenvalue weighted by Crippen LogP contribution is -2.36. The van der Waals surface area contributed by atoms with Crippen LogP contribution in [0.15, 0.2) is 42.6 Å². The van der Waals surface area contributed by atoms with Gasteiger partial charge in [0.15, 0.2) is 13.2 Å². The summed E-state index contributed by atoms with van der Waals surface area (Å²) in [5, 5.41) is 0. The smallest absolute Gasteiger partial charge is 0.422 e. The monoisotopic (exact) mass is 422 g/mol. The molecule has 1 aliphatic rings. The molecule has 0 fully saturated rings. The molecule has 0 saturated carbocycles. The Labute approximate surface area is 171 Å². The van der Waals surface area contributed by atoms with Crippen molar-refractivity contribution in [1.82, 2.24) is 9.88 Å². The average Bonchev–Trinajstić information content (AvgIpc) is 2.74. The number of benzene rings is 1. The van der Waals surface area contributed by atoms with E-state index in [1.165, 1.54) is 28.8 Å². The Morgan fingerprint density at radius 1 is 1.20 bits per heavy atom. The van der Waals surface area contributed by atoms with Gasteiger partial charge >= 0.3 is 12.1 Å². The summed E-state index contributed by atoms with van der Waals surface area (Å²) in [7, 11) is 1.64. The standard InChI is InChI=1S/C21H21F3N2O4/c1-26(17-10-4-7-14-6-2-3-8-15(14)17)18(27)12-29-20(28)16-9-5-11-25-19(16)30-13-21(22,23)24/h2-3,5-6,8-9,11,17H,4,7,10,12-13H2,1H3. The molecule has 1 aliphatic carbocycles. The largest absolute Gasteiger partial charge is 0.467 e. The van der Waals surface area contributed by atoms with Gasteiger partial charge in [0.25, 0.3) is 5.91 Å². The number of amides is 1. The van der Waals surface area contributed by atoms with E-state index in [9.17, 15) is 22.8 Å². The number of fused-ring (bicyclic) bond motifs is 1. The third-order valence-electron chi connectivity index (χ3n) is 4.89. The molecule has 0 radical (unpaired) electrons. The van der Waals surface area contributed by atoms with Crippen molar-refractivity contribution < 1.29 is 32.2 Å². The van der Waals surface area contributed by atoms with E-state index in [2.05, 4.69) is 9.72 Å². The lowest BCUT2D eigenvalue weighted by atomic mass is 9.87. The van der Waals surface area contributed by atoms with Crippen molar-refractivity contribution in [3.05, 3.63) is 59.3 Å². The van der Waals surface area contributed by atoms with Crippen molar-refractivity contribution in [3.8, 4) is 5.88 Å². The normalized spacial score (nSPS) is 15.8. The zero-order valence-electron chi connectivity index (χ0n) is 16.3. The molecule has 3 rings (SSSR count). The number of carbonyl (C=O) groups is 2. The van der Waals surface area contributed by atoms with Gasteiger partial charge in [-0.05, 0) is 42.5 Å². The van der Waals surface area contributed by atoms with Crippen LogP contribution in [-0.4, -0.2) is 48.2 Å². The molecule has 2 aromatic rings. The summed E-state index contributed by atoms with van der Waals surface area (Å²) in [6.07, 6.45) is -0.694. The molecule has 0 aliphatic heterocycles. The molecule has 0 spiro atoms. The summed E-state index contributed by atoms with van der Waals surface area (Å²) in [6, 6.07) is 10.4. The van der Waals surface area contributed by atoms with Crippen molar-refractivity contribution in [3.63, 3.8) is 0 Å². The van der Waals surface area contributed by atoms with Gasteiger partial charge in [0.2, 0.25) is 5.88 Å². The van der Waals surface area contributed by atoms with Crippen molar-refractivity contribution >= 4 is 11.9 Å². The zero-order chi connectivity index (χ0) is 21.7. The molecule has 1 unspecified atom stereocenters. The summed E-state index contributed by atoms with van der Waals surface area (Å²) in [5.74, 6) is -1.89. The second-order valence-electron chi connectivity index (χ2n) is 6.95. The third kappa shape index (κ3) is 5.28. The van der Waals surface area contributed by atoms with Crippen LogP contribution in [0.3, 0.4) is 0 Å². The van der Waals surface area contributed by atoms with Crippen LogP contribution in [0.4, 0.5) is 13.2 Å². The van der Waals surface area contributed by atoms with Crippen LogP contribution in [0, 0.1) is 0 Å². The highest BCUT2D eigenvalue weighted by Gasteiger charge is 2.30. The SMILES string of the molecule is CN(C(=O)COC(=O)c1cccnc1OCC(F)(F)F)C1CCCc2ccccc21. The molecule has 1 aromatic heterocycles. The Hall–Kier alpha value is -3.10. The topological polar surface area (TPSA) is 68.7 Å². The van der Waals surface area contributed by atoms with Crippen LogP contribution in [0.1, 0.15) is 40.4 Å². The van der Waals surface area contributed by atoms with Gasteiger partial charge in [0.05, 0.1) is 6.04 Å². The molecule has 6 nitrogen and oxygen atoms in total.